The minimum Gasteiger partial charge on any atom is -0.378 e. The van der Waals surface area contributed by atoms with E-state index in [1.165, 1.54) is 25.7 Å². The molecule has 112 valence electrons. The Morgan fingerprint density at radius 1 is 1.21 bits per heavy atom. The van der Waals surface area contributed by atoms with Crippen molar-refractivity contribution in [2.75, 3.05) is 20.6 Å². The molecule has 0 bridgehead atoms. The molecule has 0 radical (unpaired) electrons. The highest BCUT2D eigenvalue weighted by atomic mass is 35.5. The molecule has 0 aromatic heterocycles. The van der Waals surface area contributed by atoms with Crippen LogP contribution in [0.25, 0.3) is 0 Å². The van der Waals surface area contributed by atoms with Crippen LogP contribution < -0.4 is 0 Å². The third kappa shape index (κ3) is 8.52. The van der Waals surface area contributed by atoms with Crippen LogP contribution in [-0.2, 0) is 0 Å². The summed E-state index contributed by atoms with van der Waals surface area (Å²) in [5.41, 5.74) is -0.806. The maximum atomic E-state index is 10.2. The maximum Gasteiger partial charge on any atom is 0.122 e. The summed E-state index contributed by atoms with van der Waals surface area (Å²) < 4.78 is 0. The molecule has 1 aliphatic carbocycles. The lowest BCUT2D eigenvalue weighted by Gasteiger charge is -2.28. The van der Waals surface area contributed by atoms with Crippen LogP contribution in [0.15, 0.2) is 0 Å². The average Bonchev–Trinajstić information content (AvgIpc) is 2.27. The van der Waals surface area contributed by atoms with Crippen molar-refractivity contribution in [2.45, 2.75) is 58.0 Å². The molecule has 1 fully saturated rings. The second-order valence-electron chi connectivity index (χ2n) is 6.48. The molecule has 0 aromatic rings. The Morgan fingerprint density at radius 3 is 2.32 bits per heavy atom. The van der Waals surface area contributed by atoms with Crippen LogP contribution in [0.2, 0.25) is 0 Å². The molecule has 3 heteroatoms. The van der Waals surface area contributed by atoms with Gasteiger partial charge in [-0.3, -0.25) is 4.90 Å². The SMILES string of the molecule is CC1CCC(CCC(C)(O)C#CCN(C)C)CC1.Cl. The Labute approximate surface area is 125 Å². The maximum absolute atomic E-state index is 10.2. The van der Waals surface area contributed by atoms with Crippen LogP contribution in [-0.4, -0.2) is 36.2 Å². The van der Waals surface area contributed by atoms with E-state index in [2.05, 4.69) is 18.8 Å². The van der Waals surface area contributed by atoms with Crippen molar-refractivity contribution in [3.63, 3.8) is 0 Å². The van der Waals surface area contributed by atoms with Crippen molar-refractivity contribution in [2.24, 2.45) is 11.8 Å². The summed E-state index contributed by atoms with van der Waals surface area (Å²) in [4.78, 5) is 2.02. The second kappa shape index (κ2) is 8.84. The van der Waals surface area contributed by atoms with Crippen molar-refractivity contribution in [3.05, 3.63) is 0 Å². The summed E-state index contributed by atoms with van der Waals surface area (Å²) >= 11 is 0. The molecule has 1 atom stereocenters. The number of halogens is 1. The predicted molar refractivity (Wildman–Crippen MR) is 84.6 cm³/mol. The molecule has 0 heterocycles. The van der Waals surface area contributed by atoms with E-state index in [1.54, 1.807) is 0 Å². The number of nitrogens with zero attached hydrogens (tertiary/aromatic N) is 1. The van der Waals surface area contributed by atoms with Gasteiger partial charge in [0.25, 0.3) is 0 Å². The van der Waals surface area contributed by atoms with Gasteiger partial charge in [0, 0.05) is 0 Å². The largest absolute Gasteiger partial charge is 0.378 e. The van der Waals surface area contributed by atoms with Gasteiger partial charge in [-0.05, 0) is 45.7 Å². The van der Waals surface area contributed by atoms with Crippen LogP contribution >= 0.6 is 12.4 Å². The first-order valence-electron chi connectivity index (χ1n) is 7.26. The molecule has 1 unspecified atom stereocenters. The molecule has 19 heavy (non-hydrogen) atoms. The predicted octanol–water partition coefficient (Wildman–Crippen LogP) is 3.33. The van der Waals surface area contributed by atoms with Crippen molar-refractivity contribution in [1.82, 2.24) is 4.90 Å². The van der Waals surface area contributed by atoms with Crippen LogP contribution in [0.1, 0.15) is 52.4 Å². The molecule has 1 rings (SSSR count). The fourth-order valence-electron chi connectivity index (χ4n) is 2.55. The first-order valence-corrected chi connectivity index (χ1v) is 7.26. The number of hydrogen-bond acceptors (Lipinski definition) is 2. The zero-order valence-electron chi connectivity index (χ0n) is 12.9. The normalized spacial score (nSPS) is 26.0. The smallest absolute Gasteiger partial charge is 0.122 e. The third-order valence-electron chi connectivity index (χ3n) is 3.93. The summed E-state index contributed by atoms with van der Waals surface area (Å²) in [6.45, 7) is 4.91. The van der Waals surface area contributed by atoms with Crippen LogP contribution in [0.3, 0.4) is 0 Å². The van der Waals surface area contributed by atoms with Crippen LogP contribution in [0, 0.1) is 23.7 Å². The lowest BCUT2D eigenvalue weighted by molar-refractivity contribution is 0.0983. The van der Waals surface area contributed by atoms with Gasteiger partial charge in [0.05, 0.1) is 6.54 Å². The molecule has 0 saturated heterocycles. The second-order valence-corrected chi connectivity index (χ2v) is 6.48. The van der Waals surface area contributed by atoms with E-state index in [4.69, 9.17) is 0 Å². The molecule has 0 amide bonds. The van der Waals surface area contributed by atoms with E-state index in [1.807, 2.05) is 25.9 Å². The van der Waals surface area contributed by atoms with Gasteiger partial charge >= 0.3 is 0 Å². The number of aliphatic hydroxyl groups is 1. The van der Waals surface area contributed by atoms with Gasteiger partial charge in [0.15, 0.2) is 0 Å². The molecule has 0 aromatic carbocycles. The number of hydrogen-bond donors (Lipinski definition) is 1. The molecule has 0 aliphatic heterocycles. The fourth-order valence-corrected chi connectivity index (χ4v) is 2.55. The molecule has 1 saturated carbocycles. The quantitative estimate of drug-likeness (QED) is 0.802. The Kier molecular flexibility index (Phi) is 8.74. The lowest BCUT2D eigenvalue weighted by atomic mass is 9.79. The third-order valence-corrected chi connectivity index (χ3v) is 3.93. The highest BCUT2D eigenvalue weighted by Gasteiger charge is 2.22. The van der Waals surface area contributed by atoms with Crippen LogP contribution in [0.5, 0.6) is 0 Å². The van der Waals surface area contributed by atoms with Gasteiger partial charge < -0.3 is 5.11 Å². The Hall–Kier alpha value is -0.230. The van der Waals surface area contributed by atoms with Gasteiger partial charge in [-0.2, -0.15) is 0 Å². The van der Waals surface area contributed by atoms with Gasteiger partial charge in [0.1, 0.15) is 5.60 Å². The van der Waals surface area contributed by atoms with Gasteiger partial charge in [-0.1, -0.05) is 44.4 Å². The van der Waals surface area contributed by atoms with Gasteiger partial charge in [0.2, 0.25) is 0 Å². The Bertz CT molecular complexity index is 296. The van der Waals surface area contributed by atoms with E-state index in [-0.39, 0.29) is 12.4 Å². The molecular formula is C16H30ClNO. The summed E-state index contributed by atoms with van der Waals surface area (Å²) in [6.07, 6.45) is 7.33. The Morgan fingerprint density at radius 2 is 1.79 bits per heavy atom. The molecule has 0 spiro atoms. The zero-order valence-corrected chi connectivity index (χ0v) is 13.7. The lowest BCUT2D eigenvalue weighted by Crippen LogP contribution is -2.24. The standard InChI is InChI=1S/C16H29NO.ClH/c1-14-6-8-15(9-7-14)10-12-16(2,18)11-5-13-17(3)4;/h14-15,18H,6-10,12-13H2,1-4H3;1H. The van der Waals surface area contributed by atoms with Crippen molar-refractivity contribution in [1.29, 1.82) is 0 Å². The molecule has 1 N–H and O–H groups in total. The van der Waals surface area contributed by atoms with Crippen molar-refractivity contribution >= 4 is 12.4 Å². The zero-order chi connectivity index (χ0) is 13.6. The first kappa shape index (κ1) is 18.8. The Balaban J connectivity index is 0.00000324. The van der Waals surface area contributed by atoms with E-state index >= 15 is 0 Å². The topological polar surface area (TPSA) is 23.5 Å². The summed E-state index contributed by atoms with van der Waals surface area (Å²) in [6, 6.07) is 0. The van der Waals surface area contributed by atoms with E-state index < -0.39 is 5.60 Å². The van der Waals surface area contributed by atoms with Gasteiger partial charge in [-0.25, -0.2) is 0 Å². The molecule has 1 aliphatic rings. The van der Waals surface area contributed by atoms with E-state index in [9.17, 15) is 5.11 Å². The minimum atomic E-state index is -0.806. The van der Waals surface area contributed by atoms with Crippen molar-refractivity contribution < 1.29 is 5.11 Å². The highest BCUT2D eigenvalue weighted by molar-refractivity contribution is 5.85. The van der Waals surface area contributed by atoms with E-state index in [0.29, 0.717) is 0 Å². The summed E-state index contributed by atoms with van der Waals surface area (Å²) in [7, 11) is 3.99. The van der Waals surface area contributed by atoms with Crippen molar-refractivity contribution in [3.8, 4) is 11.8 Å². The van der Waals surface area contributed by atoms with E-state index in [0.717, 1.165) is 31.2 Å². The number of rotatable bonds is 4. The average molecular weight is 288 g/mol. The fraction of sp³-hybridized carbons (Fsp3) is 0.875. The van der Waals surface area contributed by atoms with Gasteiger partial charge in [-0.15, -0.1) is 12.4 Å². The first-order chi connectivity index (χ1) is 8.39. The summed E-state index contributed by atoms with van der Waals surface area (Å²) in [5.74, 6) is 7.76. The molecular weight excluding hydrogens is 258 g/mol. The molecule has 2 nitrogen and oxygen atoms in total. The summed E-state index contributed by atoms with van der Waals surface area (Å²) in [5, 5.41) is 10.2. The van der Waals surface area contributed by atoms with Crippen LogP contribution in [0.4, 0.5) is 0 Å². The highest BCUT2D eigenvalue weighted by Crippen LogP contribution is 2.32. The monoisotopic (exact) mass is 287 g/mol. The minimum absolute atomic E-state index is 0.